The average molecular weight is 440 g/mol. The molecule has 2 unspecified atom stereocenters. The van der Waals surface area contributed by atoms with E-state index in [1.807, 2.05) is 12.1 Å². The molecule has 3 N–H and O–H groups in total. The molecule has 3 aromatic carbocycles. The maximum atomic E-state index is 13.8. The summed E-state index contributed by atoms with van der Waals surface area (Å²) < 4.78 is 26.9. The standard InChI is InChI=1S/C24H22F2N2O4/c25-15-8-10-17(19(26)12-15)21(29)13-27-23(31)20-6-3-11-28(20)24(32)18-9-7-14-4-1-2-5-16(14)22(18)30/h1-2,4-5,7-10,12,20-21,29-30H,3,6,11,13H2,(H,27,31). The predicted molar refractivity (Wildman–Crippen MR) is 114 cm³/mol. The number of amides is 2. The summed E-state index contributed by atoms with van der Waals surface area (Å²) in [5.41, 5.74) is -0.0241. The molecule has 32 heavy (non-hydrogen) atoms. The number of phenols is 1. The van der Waals surface area contributed by atoms with Gasteiger partial charge in [0.25, 0.3) is 5.91 Å². The molecule has 0 radical (unpaired) electrons. The number of likely N-dealkylation sites (tertiary alicyclic amines) is 1. The Hall–Kier alpha value is -3.52. The molecule has 1 aliphatic rings. The highest BCUT2D eigenvalue weighted by Gasteiger charge is 2.35. The van der Waals surface area contributed by atoms with E-state index >= 15 is 0 Å². The largest absolute Gasteiger partial charge is 0.506 e. The van der Waals surface area contributed by atoms with Gasteiger partial charge in [0, 0.05) is 30.1 Å². The van der Waals surface area contributed by atoms with Gasteiger partial charge in [-0.05, 0) is 30.4 Å². The quantitative estimate of drug-likeness (QED) is 0.568. The Morgan fingerprint density at radius 1 is 1.12 bits per heavy atom. The molecule has 0 aliphatic carbocycles. The Balaban J connectivity index is 1.46. The Morgan fingerprint density at radius 3 is 2.69 bits per heavy atom. The molecule has 4 rings (SSSR count). The number of rotatable bonds is 5. The number of hydrogen-bond acceptors (Lipinski definition) is 4. The molecule has 2 amide bonds. The fourth-order valence-electron chi connectivity index (χ4n) is 4.06. The summed E-state index contributed by atoms with van der Waals surface area (Å²) >= 11 is 0. The second-order valence-electron chi connectivity index (χ2n) is 7.77. The smallest absolute Gasteiger partial charge is 0.258 e. The van der Waals surface area contributed by atoms with Crippen LogP contribution < -0.4 is 5.32 Å². The van der Waals surface area contributed by atoms with E-state index < -0.39 is 35.6 Å². The summed E-state index contributed by atoms with van der Waals surface area (Å²) in [4.78, 5) is 27.2. The van der Waals surface area contributed by atoms with E-state index in [9.17, 15) is 28.6 Å². The van der Waals surface area contributed by atoms with Crippen LogP contribution in [0.15, 0.2) is 54.6 Å². The molecule has 0 saturated carbocycles. The molecule has 1 heterocycles. The van der Waals surface area contributed by atoms with Crippen LogP contribution in [0.5, 0.6) is 5.75 Å². The molecule has 166 valence electrons. The topological polar surface area (TPSA) is 89.9 Å². The molecular weight excluding hydrogens is 418 g/mol. The minimum absolute atomic E-state index is 0.108. The molecule has 3 aromatic rings. The van der Waals surface area contributed by atoms with Crippen LogP contribution >= 0.6 is 0 Å². The van der Waals surface area contributed by atoms with E-state index in [1.165, 1.54) is 11.0 Å². The zero-order valence-electron chi connectivity index (χ0n) is 17.1. The van der Waals surface area contributed by atoms with Crippen LogP contribution in [0.25, 0.3) is 10.8 Å². The van der Waals surface area contributed by atoms with Crippen molar-refractivity contribution in [1.29, 1.82) is 0 Å². The molecule has 1 fully saturated rings. The number of carbonyl (C=O) groups is 2. The van der Waals surface area contributed by atoms with Crippen LogP contribution in [0.3, 0.4) is 0 Å². The molecule has 8 heteroatoms. The van der Waals surface area contributed by atoms with E-state index in [0.717, 1.165) is 17.5 Å². The summed E-state index contributed by atoms with van der Waals surface area (Å²) in [6.07, 6.45) is -0.338. The molecule has 0 spiro atoms. The summed E-state index contributed by atoms with van der Waals surface area (Å²) in [5.74, 6) is -2.76. The van der Waals surface area contributed by atoms with Gasteiger partial charge in [-0.1, -0.05) is 36.4 Å². The van der Waals surface area contributed by atoms with Crippen molar-refractivity contribution in [3.8, 4) is 5.75 Å². The van der Waals surface area contributed by atoms with E-state index in [-0.39, 0.29) is 23.4 Å². The number of nitrogens with one attached hydrogen (secondary N) is 1. The monoisotopic (exact) mass is 440 g/mol. The highest BCUT2D eigenvalue weighted by Crippen LogP contribution is 2.31. The van der Waals surface area contributed by atoms with Gasteiger partial charge in [0.15, 0.2) is 0 Å². The normalized spacial score (nSPS) is 16.8. The maximum Gasteiger partial charge on any atom is 0.258 e. The van der Waals surface area contributed by atoms with Gasteiger partial charge in [0.1, 0.15) is 23.4 Å². The Morgan fingerprint density at radius 2 is 1.91 bits per heavy atom. The van der Waals surface area contributed by atoms with Gasteiger partial charge < -0.3 is 20.4 Å². The summed E-state index contributed by atoms with van der Waals surface area (Å²) in [5, 5.41) is 24.7. The van der Waals surface area contributed by atoms with Gasteiger partial charge in [-0.25, -0.2) is 8.78 Å². The number of nitrogens with zero attached hydrogens (tertiary/aromatic N) is 1. The first-order chi connectivity index (χ1) is 15.4. The number of carbonyl (C=O) groups excluding carboxylic acids is 2. The maximum absolute atomic E-state index is 13.8. The summed E-state index contributed by atoms with van der Waals surface area (Å²) in [6.45, 7) is 0.0550. The predicted octanol–water partition coefficient (Wildman–Crippen LogP) is 3.28. The second kappa shape index (κ2) is 8.92. The number of phenolic OH excluding ortho intramolecular Hbond substituents is 1. The third kappa shape index (κ3) is 4.13. The Bertz CT molecular complexity index is 1180. The third-order valence-electron chi connectivity index (χ3n) is 5.74. The molecule has 6 nitrogen and oxygen atoms in total. The van der Waals surface area contributed by atoms with Gasteiger partial charge in [0.05, 0.1) is 11.7 Å². The molecule has 0 aromatic heterocycles. The average Bonchev–Trinajstić information content (AvgIpc) is 3.27. The zero-order chi connectivity index (χ0) is 22.8. The molecule has 1 aliphatic heterocycles. The van der Waals surface area contributed by atoms with Crippen molar-refractivity contribution in [1.82, 2.24) is 10.2 Å². The first-order valence-electron chi connectivity index (χ1n) is 10.3. The lowest BCUT2D eigenvalue weighted by atomic mass is 10.0. The first-order valence-corrected chi connectivity index (χ1v) is 10.3. The van der Waals surface area contributed by atoms with Gasteiger partial charge in [-0.3, -0.25) is 9.59 Å². The van der Waals surface area contributed by atoms with Crippen molar-refractivity contribution in [2.24, 2.45) is 0 Å². The van der Waals surface area contributed by atoms with Crippen LogP contribution in [0.2, 0.25) is 0 Å². The summed E-state index contributed by atoms with van der Waals surface area (Å²) in [6, 6.07) is 12.4. The number of aliphatic hydroxyl groups excluding tert-OH is 1. The Kier molecular flexibility index (Phi) is 6.05. The summed E-state index contributed by atoms with van der Waals surface area (Å²) in [7, 11) is 0. The van der Waals surface area contributed by atoms with E-state index in [0.29, 0.717) is 30.8 Å². The van der Waals surface area contributed by atoms with Crippen LogP contribution in [-0.2, 0) is 4.79 Å². The highest BCUT2D eigenvalue weighted by molar-refractivity contribution is 6.05. The van der Waals surface area contributed by atoms with Crippen molar-refractivity contribution in [2.75, 3.05) is 13.1 Å². The van der Waals surface area contributed by atoms with Crippen molar-refractivity contribution in [3.63, 3.8) is 0 Å². The van der Waals surface area contributed by atoms with Crippen molar-refractivity contribution >= 4 is 22.6 Å². The van der Waals surface area contributed by atoms with Gasteiger partial charge >= 0.3 is 0 Å². The first kappa shape index (κ1) is 21.7. The lowest BCUT2D eigenvalue weighted by Crippen LogP contribution is -2.46. The minimum Gasteiger partial charge on any atom is -0.506 e. The van der Waals surface area contributed by atoms with Crippen molar-refractivity contribution in [2.45, 2.75) is 25.0 Å². The number of halogens is 2. The molecule has 0 bridgehead atoms. The van der Waals surface area contributed by atoms with Crippen molar-refractivity contribution < 1.29 is 28.6 Å². The van der Waals surface area contributed by atoms with Gasteiger partial charge in [0.2, 0.25) is 5.91 Å². The van der Waals surface area contributed by atoms with Crippen LogP contribution in [-0.4, -0.2) is 46.1 Å². The van der Waals surface area contributed by atoms with E-state index in [4.69, 9.17) is 0 Å². The van der Waals surface area contributed by atoms with Crippen LogP contribution in [0, 0.1) is 11.6 Å². The number of benzene rings is 3. The van der Waals surface area contributed by atoms with E-state index in [2.05, 4.69) is 5.32 Å². The van der Waals surface area contributed by atoms with E-state index in [1.54, 1.807) is 18.2 Å². The molecule has 1 saturated heterocycles. The SMILES string of the molecule is O=C(NCC(O)c1ccc(F)cc1F)C1CCCN1C(=O)c1ccc2ccccc2c1O. The number of fused-ring (bicyclic) bond motifs is 1. The van der Waals surface area contributed by atoms with Gasteiger partial charge in [-0.2, -0.15) is 0 Å². The lowest BCUT2D eigenvalue weighted by Gasteiger charge is -2.25. The molecule has 2 atom stereocenters. The third-order valence-corrected chi connectivity index (χ3v) is 5.74. The van der Waals surface area contributed by atoms with Crippen LogP contribution in [0.1, 0.15) is 34.9 Å². The zero-order valence-corrected chi connectivity index (χ0v) is 17.1. The van der Waals surface area contributed by atoms with Crippen molar-refractivity contribution in [3.05, 3.63) is 77.4 Å². The molecular formula is C24H22F2N2O4. The fourth-order valence-corrected chi connectivity index (χ4v) is 4.06. The number of aromatic hydroxyl groups is 1. The number of aliphatic hydroxyl groups is 1. The minimum atomic E-state index is -1.37. The Labute approximate surface area is 183 Å². The van der Waals surface area contributed by atoms with Crippen LogP contribution in [0.4, 0.5) is 8.78 Å². The number of hydrogen-bond donors (Lipinski definition) is 3. The van der Waals surface area contributed by atoms with Gasteiger partial charge in [-0.15, -0.1) is 0 Å². The second-order valence-corrected chi connectivity index (χ2v) is 7.77. The highest BCUT2D eigenvalue weighted by atomic mass is 19.1. The lowest BCUT2D eigenvalue weighted by molar-refractivity contribution is -0.125. The fraction of sp³-hybridized carbons (Fsp3) is 0.250.